The number of benzene rings is 1. The molecule has 0 saturated heterocycles. The molecule has 3 nitrogen and oxygen atoms in total. The third-order valence-electron chi connectivity index (χ3n) is 3.47. The molecule has 132 valence electrons. The van der Waals surface area contributed by atoms with Crippen LogP contribution in [0.4, 0.5) is 13.2 Å². The van der Waals surface area contributed by atoms with E-state index in [4.69, 9.17) is 16.0 Å². The largest absolute Gasteiger partial charge is 0.463 e. The van der Waals surface area contributed by atoms with Crippen molar-refractivity contribution in [2.45, 2.75) is 17.0 Å². The zero-order chi connectivity index (χ0) is 18.7. The molecule has 0 aliphatic carbocycles. The van der Waals surface area contributed by atoms with Gasteiger partial charge in [-0.05, 0) is 35.9 Å². The van der Waals surface area contributed by atoms with Gasteiger partial charge in [0.15, 0.2) is 5.76 Å². The Morgan fingerprint density at radius 2 is 1.92 bits per heavy atom. The van der Waals surface area contributed by atoms with Crippen LogP contribution in [0.3, 0.4) is 0 Å². The first-order valence-corrected chi connectivity index (χ1v) is 8.68. The van der Waals surface area contributed by atoms with Gasteiger partial charge < -0.3 is 4.42 Å². The number of hydrogen-bond donors (Lipinski definition) is 0. The molecule has 2 heterocycles. The smallest absolute Gasteiger partial charge is 0.417 e. The second-order valence-electron chi connectivity index (χ2n) is 5.24. The first kappa shape index (κ1) is 18.4. The summed E-state index contributed by atoms with van der Waals surface area (Å²) in [7, 11) is 0. The number of nitrogens with zero attached hydrogens (tertiary/aromatic N) is 2. The van der Waals surface area contributed by atoms with Crippen molar-refractivity contribution in [3.05, 3.63) is 70.4 Å². The zero-order valence-electron chi connectivity index (χ0n) is 13.0. The summed E-state index contributed by atoms with van der Waals surface area (Å²) in [6.45, 7) is 0. The minimum Gasteiger partial charge on any atom is -0.463 e. The number of halogens is 4. The van der Waals surface area contributed by atoms with Crippen molar-refractivity contribution in [3.8, 4) is 17.5 Å². The molecule has 8 heteroatoms. The number of rotatable bonds is 4. The summed E-state index contributed by atoms with van der Waals surface area (Å²) in [4.78, 5) is 4.21. The highest BCUT2D eigenvalue weighted by atomic mass is 35.5. The predicted octanol–water partition coefficient (Wildman–Crippen LogP) is 6.18. The quantitative estimate of drug-likeness (QED) is 0.496. The molecule has 1 aromatic carbocycles. The van der Waals surface area contributed by atoms with Crippen LogP contribution in [0.5, 0.6) is 0 Å². The van der Waals surface area contributed by atoms with Crippen LogP contribution < -0.4 is 0 Å². The van der Waals surface area contributed by atoms with Gasteiger partial charge in [0.1, 0.15) is 16.8 Å². The predicted molar refractivity (Wildman–Crippen MR) is 92.7 cm³/mol. The van der Waals surface area contributed by atoms with Gasteiger partial charge >= 0.3 is 6.18 Å². The maximum atomic E-state index is 13.4. The SMILES string of the molecule is N#Cc1c(C(F)(F)F)cc(-c2ccco2)nc1SCc1ccc(Cl)cc1. The highest BCUT2D eigenvalue weighted by Crippen LogP contribution is 2.38. The first-order valence-electron chi connectivity index (χ1n) is 7.32. The average molecular weight is 395 g/mol. The van der Waals surface area contributed by atoms with Gasteiger partial charge in [0.25, 0.3) is 0 Å². The van der Waals surface area contributed by atoms with Gasteiger partial charge in [-0.1, -0.05) is 23.7 Å². The Kier molecular flexibility index (Phi) is 5.25. The van der Waals surface area contributed by atoms with E-state index >= 15 is 0 Å². The third-order valence-corrected chi connectivity index (χ3v) is 4.76. The van der Waals surface area contributed by atoms with Crippen molar-refractivity contribution in [2.75, 3.05) is 0 Å². The fraction of sp³-hybridized carbons (Fsp3) is 0.111. The second-order valence-corrected chi connectivity index (χ2v) is 6.64. The van der Waals surface area contributed by atoms with Crippen LogP contribution in [-0.2, 0) is 11.9 Å². The van der Waals surface area contributed by atoms with Crippen molar-refractivity contribution in [2.24, 2.45) is 0 Å². The molecule has 0 amide bonds. The number of nitriles is 1. The van der Waals surface area contributed by atoms with Crippen molar-refractivity contribution in [3.63, 3.8) is 0 Å². The average Bonchev–Trinajstić information content (AvgIpc) is 3.14. The van der Waals surface area contributed by atoms with Crippen molar-refractivity contribution < 1.29 is 17.6 Å². The minimum atomic E-state index is -4.68. The molecule has 0 radical (unpaired) electrons. The number of pyridine rings is 1. The lowest BCUT2D eigenvalue weighted by Gasteiger charge is -2.13. The van der Waals surface area contributed by atoms with Crippen LogP contribution >= 0.6 is 23.4 Å². The Balaban J connectivity index is 2.03. The first-order chi connectivity index (χ1) is 12.4. The zero-order valence-corrected chi connectivity index (χ0v) is 14.6. The Morgan fingerprint density at radius 3 is 2.50 bits per heavy atom. The Hall–Kier alpha value is -2.43. The van der Waals surface area contributed by atoms with Crippen LogP contribution in [0.1, 0.15) is 16.7 Å². The van der Waals surface area contributed by atoms with E-state index in [1.165, 1.54) is 12.3 Å². The van der Waals surface area contributed by atoms with E-state index < -0.39 is 17.3 Å². The van der Waals surface area contributed by atoms with Crippen LogP contribution in [0, 0.1) is 11.3 Å². The van der Waals surface area contributed by atoms with Crippen LogP contribution in [0.15, 0.2) is 58.2 Å². The van der Waals surface area contributed by atoms with Gasteiger partial charge in [-0.15, -0.1) is 11.8 Å². The Morgan fingerprint density at radius 1 is 1.19 bits per heavy atom. The second kappa shape index (κ2) is 7.44. The van der Waals surface area contributed by atoms with E-state index in [1.807, 2.05) is 0 Å². The van der Waals surface area contributed by atoms with Crippen molar-refractivity contribution >= 4 is 23.4 Å². The van der Waals surface area contributed by atoms with E-state index in [0.717, 1.165) is 23.4 Å². The summed E-state index contributed by atoms with van der Waals surface area (Å²) in [5.41, 5.74) is -0.645. The fourth-order valence-corrected chi connectivity index (χ4v) is 3.33. The molecule has 3 aromatic rings. The highest BCUT2D eigenvalue weighted by molar-refractivity contribution is 7.98. The van der Waals surface area contributed by atoms with E-state index in [-0.39, 0.29) is 16.5 Å². The van der Waals surface area contributed by atoms with Gasteiger partial charge in [0, 0.05) is 10.8 Å². The molecule has 0 bridgehead atoms. The number of hydrogen-bond acceptors (Lipinski definition) is 4. The van der Waals surface area contributed by atoms with E-state index in [1.54, 1.807) is 36.4 Å². The van der Waals surface area contributed by atoms with E-state index in [0.29, 0.717) is 10.8 Å². The van der Waals surface area contributed by atoms with Gasteiger partial charge in [0.05, 0.1) is 17.4 Å². The Labute approximate surface area is 156 Å². The summed E-state index contributed by atoms with van der Waals surface area (Å²) < 4.78 is 45.4. The van der Waals surface area contributed by atoms with Crippen molar-refractivity contribution in [1.29, 1.82) is 5.26 Å². The van der Waals surface area contributed by atoms with E-state index in [2.05, 4.69) is 4.98 Å². The number of alkyl halides is 3. The molecular weight excluding hydrogens is 385 g/mol. The summed E-state index contributed by atoms with van der Waals surface area (Å²) >= 11 is 6.88. The van der Waals surface area contributed by atoms with Gasteiger partial charge in [-0.25, -0.2) is 4.98 Å². The van der Waals surface area contributed by atoms with Gasteiger partial charge in [-0.2, -0.15) is 18.4 Å². The van der Waals surface area contributed by atoms with Crippen molar-refractivity contribution in [1.82, 2.24) is 4.98 Å². The maximum Gasteiger partial charge on any atom is 0.417 e. The lowest BCUT2D eigenvalue weighted by Crippen LogP contribution is -2.10. The fourth-order valence-electron chi connectivity index (χ4n) is 2.24. The minimum absolute atomic E-state index is 0.00340. The maximum absolute atomic E-state index is 13.4. The van der Waals surface area contributed by atoms with Crippen LogP contribution in [0.25, 0.3) is 11.5 Å². The Bertz CT molecular complexity index is 948. The van der Waals surface area contributed by atoms with Crippen LogP contribution in [-0.4, -0.2) is 4.98 Å². The molecule has 0 unspecified atom stereocenters. The van der Waals surface area contributed by atoms with Gasteiger partial charge in [0.2, 0.25) is 0 Å². The monoisotopic (exact) mass is 394 g/mol. The molecule has 0 atom stereocenters. The molecular formula is C18H10ClF3N2OS. The molecule has 0 aliphatic rings. The molecule has 0 aliphatic heterocycles. The molecule has 0 spiro atoms. The summed E-state index contributed by atoms with van der Waals surface area (Å²) in [6.07, 6.45) is -3.33. The number of furan rings is 1. The van der Waals surface area contributed by atoms with Crippen LogP contribution in [0.2, 0.25) is 5.02 Å². The molecule has 26 heavy (non-hydrogen) atoms. The number of aromatic nitrogens is 1. The molecule has 3 rings (SSSR count). The molecule has 2 aromatic heterocycles. The lowest BCUT2D eigenvalue weighted by atomic mass is 10.1. The molecule has 0 N–H and O–H groups in total. The van der Waals surface area contributed by atoms with Gasteiger partial charge in [-0.3, -0.25) is 0 Å². The highest BCUT2D eigenvalue weighted by Gasteiger charge is 2.36. The summed E-state index contributed by atoms with van der Waals surface area (Å²) in [6, 6.07) is 12.5. The summed E-state index contributed by atoms with van der Waals surface area (Å²) in [5, 5.41) is 9.84. The standard InChI is InChI=1S/C18H10ClF3N2OS/c19-12-5-3-11(4-6-12)10-26-17-13(9-23)14(18(20,21)22)8-15(24-17)16-2-1-7-25-16/h1-8H,10H2. The van der Waals surface area contributed by atoms with E-state index in [9.17, 15) is 18.4 Å². The normalized spacial score (nSPS) is 11.3. The summed E-state index contributed by atoms with van der Waals surface area (Å²) in [5.74, 6) is 0.547. The molecule has 0 saturated carbocycles. The number of thioether (sulfide) groups is 1. The molecule has 0 fully saturated rings. The third kappa shape index (κ3) is 4.03. The lowest BCUT2D eigenvalue weighted by molar-refractivity contribution is -0.138. The topological polar surface area (TPSA) is 49.8 Å².